The van der Waals surface area contributed by atoms with Crippen LogP contribution in [0.1, 0.15) is 49.8 Å². The standard InChI is InChI=1S/C16H23F2NO/c1-10-6-16(18)14(8-15(10)17)11(2)19-9-12-4-3-5-13(20)7-12/h6,8,11-13,19-20H,3-5,7,9H2,1-2H3. The molecule has 1 aromatic rings. The number of hydrogen-bond donors (Lipinski definition) is 2. The summed E-state index contributed by atoms with van der Waals surface area (Å²) in [6, 6.07) is 2.29. The van der Waals surface area contributed by atoms with Crippen LogP contribution in [0.3, 0.4) is 0 Å². The molecule has 112 valence electrons. The highest BCUT2D eigenvalue weighted by Gasteiger charge is 2.21. The second-order valence-electron chi connectivity index (χ2n) is 5.94. The van der Waals surface area contributed by atoms with Crippen LogP contribution in [0.4, 0.5) is 8.78 Å². The Bertz CT molecular complexity index is 464. The molecule has 1 fully saturated rings. The molecule has 3 atom stereocenters. The first-order valence-electron chi connectivity index (χ1n) is 7.34. The molecule has 0 spiro atoms. The first-order valence-corrected chi connectivity index (χ1v) is 7.34. The van der Waals surface area contributed by atoms with Gasteiger partial charge < -0.3 is 10.4 Å². The molecule has 0 aromatic heterocycles. The summed E-state index contributed by atoms with van der Waals surface area (Å²) in [5.41, 5.74) is 0.693. The molecule has 0 bridgehead atoms. The molecule has 20 heavy (non-hydrogen) atoms. The van der Waals surface area contributed by atoms with Crippen LogP contribution in [0, 0.1) is 24.5 Å². The van der Waals surface area contributed by atoms with Crippen molar-refractivity contribution in [3.05, 3.63) is 34.9 Å². The molecule has 0 amide bonds. The van der Waals surface area contributed by atoms with Crippen LogP contribution in [0.15, 0.2) is 12.1 Å². The lowest BCUT2D eigenvalue weighted by molar-refractivity contribution is 0.0997. The van der Waals surface area contributed by atoms with E-state index in [-0.39, 0.29) is 23.8 Å². The fourth-order valence-electron chi connectivity index (χ4n) is 2.89. The van der Waals surface area contributed by atoms with Gasteiger partial charge in [0.25, 0.3) is 0 Å². The summed E-state index contributed by atoms with van der Waals surface area (Å²) < 4.78 is 27.4. The summed E-state index contributed by atoms with van der Waals surface area (Å²) in [5, 5.41) is 12.9. The van der Waals surface area contributed by atoms with E-state index in [1.165, 1.54) is 12.1 Å². The molecule has 0 saturated heterocycles. The fourth-order valence-corrected chi connectivity index (χ4v) is 2.89. The minimum absolute atomic E-state index is 0.209. The molecule has 1 aliphatic rings. The van der Waals surface area contributed by atoms with Crippen molar-refractivity contribution < 1.29 is 13.9 Å². The molecular weight excluding hydrogens is 260 g/mol. The lowest BCUT2D eigenvalue weighted by Crippen LogP contribution is -2.31. The number of halogens is 2. The Morgan fingerprint density at radius 3 is 2.75 bits per heavy atom. The highest BCUT2D eigenvalue weighted by atomic mass is 19.1. The molecule has 2 nitrogen and oxygen atoms in total. The first kappa shape index (κ1) is 15.4. The minimum atomic E-state index is -0.372. The summed E-state index contributed by atoms with van der Waals surface area (Å²) in [6.45, 7) is 4.13. The van der Waals surface area contributed by atoms with E-state index in [2.05, 4.69) is 5.32 Å². The van der Waals surface area contributed by atoms with E-state index in [0.717, 1.165) is 32.2 Å². The molecule has 4 heteroatoms. The normalized spacial score (nSPS) is 24.6. The largest absolute Gasteiger partial charge is 0.393 e. The van der Waals surface area contributed by atoms with Crippen LogP contribution >= 0.6 is 0 Å². The Morgan fingerprint density at radius 1 is 1.30 bits per heavy atom. The lowest BCUT2D eigenvalue weighted by atomic mass is 9.87. The zero-order valence-corrected chi connectivity index (χ0v) is 12.1. The maximum Gasteiger partial charge on any atom is 0.128 e. The molecule has 1 aliphatic carbocycles. The van der Waals surface area contributed by atoms with Gasteiger partial charge in [-0.1, -0.05) is 6.42 Å². The molecule has 0 heterocycles. The average molecular weight is 283 g/mol. The van der Waals surface area contributed by atoms with Crippen molar-refractivity contribution in [1.82, 2.24) is 5.32 Å². The highest BCUT2D eigenvalue weighted by molar-refractivity contribution is 5.27. The van der Waals surface area contributed by atoms with Gasteiger partial charge in [-0.15, -0.1) is 0 Å². The van der Waals surface area contributed by atoms with Gasteiger partial charge in [0, 0.05) is 11.6 Å². The van der Waals surface area contributed by atoms with E-state index in [0.29, 0.717) is 17.0 Å². The summed E-state index contributed by atoms with van der Waals surface area (Å²) >= 11 is 0. The second-order valence-corrected chi connectivity index (χ2v) is 5.94. The van der Waals surface area contributed by atoms with E-state index >= 15 is 0 Å². The summed E-state index contributed by atoms with van der Waals surface area (Å²) in [6.07, 6.45) is 3.59. The van der Waals surface area contributed by atoms with Crippen molar-refractivity contribution in [2.45, 2.75) is 51.7 Å². The third-order valence-electron chi connectivity index (χ3n) is 4.21. The van der Waals surface area contributed by atoms with Gasteiger partial charge in [-0.2, -0.15) is 0 Å². The number of hydrogen-bond acceptors (Lipinski definition) is 2. The van der Waals surface area contributed by atoms with Crippen LogP contribution in [0.25, 0.3) is 0 Å². The number of aryl methyl sites for hydroxylation is 1. The predicted octanol–water partition coefficient (Wildman–Crippen LogP) is 3.47. The van der Waals surface area contributed by atoms with Crippen molar-refractivity contribution in [2.75, 3.05) is 6.54 Å². The molecular formula is C16H23F2NO. The Balaban J connectivity index is 1.94. The number of aliphatic hydroxyl groups excluding tert-OH is 1. The number of aliphatic hydroxyl groups is 1. The Kier molecular flexibility index (Phi) is 5.11. The van der Waals surface area contributed by atoms with E-state index in [1.807, 2.05) is 6.92 Å². The van der Waals surface area contributed by atoms with Crippen LogP contribution in [0.2, 0.25) is 0 Å². The van der Waals surface area contributed by atoms with Gasteiger partial charge >= 0.3 is 0 Å². The molecule has 3 unspecified atom stereocenters. The topological polar surface area (TPSA) is 32.3 Å². The Labute approximate surface area is 119 Å². The number of benzene rings is 1. The van der Waals surface area contributed by atoms with Gasteiger partial charge in [-0.25, -0.2) is 8.78 Å². The molecule has 1 saturated carbocycles. The predicted molar refractivity (Wildman–Crippen MR) is 75.5 cm³/mol. The van der Waals surface area contributed by atoms with Gasteiger partial charge in [0.2, 0.25) is 0 Å². The molecule has 0 radical (unpaired) electrons. The van der Waals surface area contributed by atoms with E-state index in [9.17, 15) is 13.9 Å². The van der Waals surface area contributed by atoms with Crippen molar-refractivity contribution in [3.8, 4) is 0 Å². The molecule has 0 aliphatic heterocycles. The summed E-state index contributed by atoms with van der Waals surface area (Å²) in [7, 11) is 0. The van der Waals surface area contributed by atoms with Gasteiger partial charge in [-0.05, 0) is 63.3 Å². The van der Waals surface area contributed by atoms with Gasteiger partial charge in [0.05, 0.1) is 6.10 Å². The Morgan fingerprint density at radius 2 is 2.05 bits per heavy atom. The first-order chi connectivity index (χ1) is 9.47. The number of nitrogens with one attached hydrogen (secondary N) is 1. The van der Waals surface area contributed by atoms with Crippen molar-refractivity contribution in [2.24, 2.45) is 5.92 Å². The SMILES string of the molecule is Cc1cc(F)c(C(C)NCC2CCCC(O)C2)cc1F. The minimum Gasteiger partial charge on any atom is -0.393 e. The van der Waals surface area contributed by atoms with E-state index in [4.69, 9.17) is 0 Å². The van der Waals surface area contributed by atoms with Crippen LogP contribution in [-0.4, -0.2) is 17.8 Å². The van der Waals surface area contributed by atoms with Crippen LogP contribution < -0.4 is 5.32 Å². The monoisotopic (exact) mass is 283 g/mol. The third kappa shape index (κ3) is 3.76. The summed E-state index contributed by atoms with van der Waals surface area (Å²) in [4.78, 5) is 0. The van der Waals surface area contributed by atoms with Gasteiger partial charge in [0.15, 0.2) is 0 Å². The van der Waals surface area contributed by atoms with Gasteiger partial charge in [-0.3, -0.25) is 0 Å². The van der Waals surface area contributed by atoms with Crippen molar-refractivity contribution in [1.29, 1.82) is 0 Å². The third-order valence-corrected chi connectivity index (χ3v) is 4.21. The maximum atomic E-state index is 13.9. The second kappa shape index (κ2) is 6.64. The van der Waals surface area contributed by atoms with Crippen LogP contribution in [0.5, 0.6) is 0 Å². The summed E-state index contributed by atoms with van der Waals surface area (Å²) in [5.74, 6) is -0.324. The van der Waals surface area contributed by atoms with Gasteiger partial charge in [0.1, 0.15) is 11.6 Å². The lowest BCUT2D eigenvalue weighted by Gasteiger charge is -2.27. The van der Waals surface area contributed by atoms with E-state index in [1.54, 1.807) is 6.92 Å². The molecule has 2 rings (SSSR count). The van der Waals surface area contributed by atoms with Crippen LogP contribution in [-0.2, 0) is 0 Å². The zero-order chi connectivity index (χ0) is 14.7. The Hall–Kier alpha value is -1.00. The zero-order valence-electron chi connectivity index (χ0n) is 12.1. The van der Waals surface area contributed by atoms with E-state index < -0.39 is 0 Å². The van der Waals surface area contributed by atoms with Crippen molar-refractivity contribution in [3.63, 3.8) is 0 Å². The molecule has 1 aromatic carbocycles. The highest BCUT2D eigenvalue weighted by Crippen LogP contribution is 2.25. The van der Waals surface area contributed by atoms with Crippen molar-refractivity contribution >= 4 is 0 Å². The smallest absolute Gasteiger partial charge is 0.128 e. The molecule has 2 N–H and O–H groups in total. The quantitative estimate of drug-likeness (QED) is 0.886. The average Bonchev–Trinajstić information content (AvgIpc) is 2.40. The maximum absolute atomic E-state index is 13.9. The fraction of sp³-hybridized carbons (Fsp3) is 0.625. The number of rotatable bonds is 4.